The molecule has 0 saturated carbocycles. The van der Waals surface area contributed by atoms with Crippen molar-refractivity contribution in [1.29, 1.82) is 0 Å². The highest BCUT2D eigenvalue weighted by Gasteiger charge is 2.32. The standard InChI is InChI=1S/C19H17F2N5O/c20-15-4-3-12(11-16(15)21)10-14-2-1-9-26(18(14)27)19-23-17(24-25-19)13-5-7-22-8-6-13/h3-8,11,14H,1-2,9-10H2,(H,23,24,25)/t14-/m1/s1. The second-order valence-corrected chi connectivity index (χ2v) is 6.50. The summed E-state index contributed by atoms with van der Waals surface area (Å²) in [6.45, 7) is 0.529. The molecule has 0 unspecified atom stereocenters. The topological polar surface area (TPSA) is 74.8 Å². The summed E-state index contributed by atoms with van der Waals surface area (Å²) in [5.41, 5.74) is 1.42. The first-order valence-electron chi connectivity index (χ1n) is 8.70. The van der Waals surface area contributed by atoms with E-state index >= 15 is 0 Å². The molecule has 3 heterocycles. The molecular weight excluding hydrogens is 352 g/mol. The van der Waals surface area contributed by atoms with E-state index in [0.717, 1.165) is 24.1 Å². The molecule has 0 spiro atoms. The van der Waals surface area contributed by atoms with Crippen LogP contribution in [0.4, 0.5) is 14.7 Å². The van der Waals surface area contributed by atoms with Crippen molar-refractivity contribution in [2.45, 2.75) is 19.3 Å². The Morgan fingerprint density at radius 1 is 1.15 bits per heavy atom. The van der Waals surface area contributed by atoms with Crippen LogP contribution in [0.1, 0.15) is 18.4 Å². The van der Waals surface area contributed by atoms with Gasteiger partial charge in [-0.1, -0.05) is 6.07 Å². The normalized spacial score (nSPS) is 17.3. The van der Waals surface area contributed by atoms with E-state index < -0.39 is 11.6 Å². The molecule has 0 radical (unpaired) electrons. The van der Waals surface area contributed by atoms with Crippen LogP contribution in [0, 0.1) is 17.6 Å². The summed E-state index contributed by atoms with van der Waals surface area (Å²) in [5.74, 6) is -1.33. The van der Waals surface area contributed by atoms with E-state index in [0.29, 0.717) is 36.7 Å². The fourth-order valence-electron chi connectivity index (χ4n) is 3.30. The number of aromatic amines is 1. The first-order valence-corrected chi connectivity index (χ1v) is 8.70. The van der Waals surface area contributed by atoms with Gasteiger partial charge >= 0.3 is 0 Å². The van der Waals surface area contributed by atoms with E-state index in [1.54, 1.807) is 29.4 Å². The molecule has 3 aromatic rings. The number of nitrogens with one attached hydrogen (secondary N) is 1. The van der Waals surface area contributed by atoms with Crippen molar-refractivity contribution in [3.63, 3.8) is 0 Å². The Bertz CT molecular complexity index is 960. The van der Waals surface area contributed by atoms with Gasteiger partial charge in [0.2, 0.25) is 5.91 Å². The van der Waals surface area contributed by atoms with Crippen molar-refractivity contribution in [2.24, 2.45) is 5.92 Å². The number of piperidine rings is 1. The lowest BCUT2D eigenvalue weighted by atomic mass is 9.90. The molecule has 1 aliphatic rings. The van der Waals surface area contributed by atoms with E-state index in [1.807, 2.05) is 0 Å². The fraction of sp³-hybridized carbons (Fsp3) is 0.263. The van der Waals surface area contributed by atoms with Crippen LogP contribution in [0.5, 0.6) is 0 Å². The van der Waals surface area contributed by atoms with Crippen LogP contribution in [-0.4, -0.2) is 32.6 Å². The molecule has 0 aliphatic carbocycles. The van der Waals surface area contributed by atoms with Crippen LogP contribution in [0.15, 0.2) is 42.7 Å². The lowest BCUT2D eigenvalue weighted by Gasteiger charge is -2.30. The van der Waals surface area contributed by atoms with E-state index in [4.69, 9.17) is 0 Å². The maximum Gasteiger partial charge on any atom is 0.251 e. The van der Waals surface area contributed by atoms with Crippen LogP contribution in [-0.2, 0) is 11.2 Å². The molecule has 1 aliphatic heterocycles. The number of pyridine rings is 1. The monoisotopic (exact) mass is 369 g/mol. The van der Waals surface area contributed by atoms with Crippen LogP contribution < -0.4 is 4.90 Å². The lowest BCUT2D eigenvalue weighted by Crippen LogP contribution is -2.42. The molecule has 1 fully saturated rings. The van der Waals surface area contributed by atoms with Gasteiger partial charge in [0.25, 0.3) is 5.95 Å². The summed E-state index contributed by atoms with van der Waals surface area (Å²) in [6, 6.07) is 7.35. The average molecular weight is 369 g/mol. The van der Waals surface area contributed by atoms with E-state index in [1.165, 1.54) is 6.07 Å². The van der Waals surface area contributed by atoms with E-state index in [2.05, 4.69) is 20.2 Å². The van der Waals surface area contributed by atoms with Gasteiger partial charge in [-0.15, -0.1) is 5.10 Å². The molecule has 138 valence electrons. The number of carbonyl (C=O) groups is 1. The van der Waals surface area contributed by atoms with E-state index in [-0.39, 0.29) is 11.8 Å². The van der Waals surface area contributed by atoms with Gasteiger partial charge in [-0.3, -0.25) is 19.8 Å². The molecule has 6 nitrogen and oxygen atoms in total. The highest BCUT2D eigenvalue weighted by molar-refractivity contribution is 5.94. The van der Waals surface area contributed by atoms with Crippen molar-refractivity contribution in [1.82, 2.24) is 20.2 Å². The maximum atomic E-state index is 13.4. The molecule has 1 amide bonds. The Kier molecular flexibility index (Phi) is 4.62. The second kappa shape index (κ2) is 7.22. The Morgan fingerprint density at radius 2 is 1.96 bits per heavy atom. The predicted molar refractivity (Wildman–Crippen MR) is 94.8 cm³/mol. The van der Waals surface area contributed by atoms with Crippen molar-refractivity contribution in [3.05, 3.63) is 59.9 Å². The van der Waals surface area contributed by atoms with Crippen LogP contribution in [0.25, 0.3) is 11.4 Å². The molecule has 1 N–H and O–H groups in total. The number of benzene rings is 1. The van der Waals surface area contributed by atoms with Gasteiger partial charge in [0.1, 0.15) is 0 Å². The maximum absolute atomic E-state index is 13.4. The van der Waals surface area contributed by atoms with Crippen molar-refractivity contribution in [3.8, 4) is 11.4 Å². The minimum atomic E-state index is -0.899. The van der Waals surface area contributed by atoms with E-state index in [9.17, 15) is 13.6 Å². The summed E-state index contributed by atoms with van der Waals surface area (Å²) in [4.78, 5) is 22.8. The molecule has 27 heavy (non-hydrogen) atoms. The van der Waals surface area contributed by atoms with Gasteiger partial charge in [-0.25, -0.2) is 8.78 Å². The van der Waals surface area contributed by atoms with Gasteiger partial charge in [0.05, 0.1) is 0 Å². The first kappa shape index (κ1) is 17.3. The highest BCUT2D eigenvalue weighted by atomic mass is 19.2. The summed E-state index contributed by atoms with van der Waals surface area (Å²) in [6.07, 6.45) is 5.15. The third kappa shape index (κ3) is 3.55. The van der Waals surface area contributed by atoms with Crippen molar-refractivity contribution >= 4 is 11.9 Å². The quantitative estimate of drug-likeness (QED) is 0.767. The third-order valence-corrected chi connectivity index (χ3v) is 4.68. The number of anilines is 1. The summed E-state index contributed by atoms with van der Waals surface area (Å²) < 4.78 is 26.5. The number of carbonyl (C=O) groups excluding carboxylic acids is 1. The zero-order valence-electron chi connectivity index (χ0n) is 14.4. The summed E-state index contributed by atoms with van der Waals surface area (Å²) >= 11 is 0. The predicted octanol–water partition coefficient (Wildman–Crippen LogP) is 3.13. The number of rotatable bonds is 4. The number of amides is 1. The van der Waals surface area contributed by atoms with Crippen molar-refractivity contribution < 1.29 is 13.6 Å². The Morgan fingerprint density at radius 3 is 2.74 bits per heavy atom. The smallest absolute Gasteiger partial charge is 0.251 e. The van der Waals surface area contributed by atoms with Gasteiger partial charge in [0, 0.05) is 30.4 Å². The van der Waals surface area contributed by atoms with Crippen LogP contribution in [0.2, 0.25) is 0 Å². The number of aromatic nitrogens is 4. The van der Waals surface area contributed by atoms with Gasteiger partial charge in [-0.05, 0) is 49.1 Å². The molecule has 1 saturated heterocycles. The summed E-state index contributed by atoms with van der Waals surface area (Å²) in [5, 5.41) is 7.02. The van der Waals surface area contributed by atoms with Gasteiger partial charge in [-0.2, -0.15) is 4.98 Å². The Labute approximate surface area is 154 Å². The average Bonchev–Trinajstić information content (AvgIpc) is 3.17. The zero-order valence-corrected chi connectivity index (χ0v) is 14.4. The number of hydrogen-bond acceptors (Lipinski definition) is 4. The third-order valence-electron chi connectivity index (χ3n) is 4.68. The minimum Gasteiger partial charge on any atom is -0.279 e. The van der Waals surface area contributed by atoms with Crippen LogP contribution in [0.3, 0.4) is 0 Å². The second-order valence-electron chi connectivity index (χ2n) is 6.50. The van der Waals surface area contributed by atoms with Gasteiger partial charge < -0.3 is 0 Å². The van der Waals surface area contributed by atoms with Crippen molar-refractivity contribution in [2.75, 3.05) is 11.4 Å². The largest absolute Gasteiger partial charge is 0.279 e. The highest BCUT2D eigenvalue weighted by Crippen LogP contribution is 2.26. The molecule has 1 atom stereocenters. The van der Waals surface area contributed by atoms with Gasteiger partial charge in [0.15, 0.2) is 17.5 Å². The first-order chi connectivity index (χ1) is 13.1. The SMILES string of the molecule is O=C1[C@@H](Cc2ccc(F)c(F)c2)CCCN1c1n[nH]c(-c2ccncc2)n1. The number of hydrogen-bond donors (Lipinski definition) is 1. The lowest BCUT2D eigenvalue weighted by molar-refractivity contribution is -0.123. The number of halogens is 2. The zero-order chi connectivity index (χ0) is 18.8. The minimum absolute atomic E-state index is 0.105. The Hall–Kier alpha value is -3.16. The summed E-state index contributed by atoms with van der Waals surface area (Å²) in [7, 11) is 0. The molecule has 4 rings (SSSR count). The fourth-order valence-corrected chi connectivity index (χ4v) is 3.30. The molecule has 0 bridgehead atoms. The number of nitrogens with zero attached hydrogens (tertiary/aromatic N) is 4. The number of H-pyrrole nitrogens is 1. The molecule has 1 aromatic carbocycles. The molecular formula is C19H17F2N5O. The molecule has 2 aromatic heterocycles. The Balaban J connectivity index is 1.52. The molecule has 8 heteroatoms. The van der Waals surface area contributed by atoms with Crippen LogP contribution >= 0.6 is 0 Å².